The smallest absolute Gasteiger partial charge is 0.130 e. The third-order valence-electron chi connectivity index (χ3n) is 3.48. The highest BCUT2D eigenvalue weighted by molar-refractivity contribution is 5.37. The van der Waals surface area contributed by atoms with Gasteiger partial charge in [0, 0.05) is 13.1 Å². The van der Waals surface area contributed by atoms with E-state index in [2.05, 4.69) is 53.8 Å². The van der Waals surface area contributed by atoms with E-state index in [-0.39, 0.29) is 5.60 Å². The van der Waals surface area contributed by atoms with E-state index in [9.17, 15) is 0 Å². The molecule has 1 N–H and O–H groups in total. The molecule has 0 saturated carbocycles. The maximum absolute atomic E-state index is 6.18. The van der Waals surface area contributed by atoms with Gasteiger partial charge in [0.15, 0.2) is 0 Å². The van der Waals surface area contributed by atoms with E-state index in [4.69, 9.17) is 4.74 Å². The molecule has 1 fully saturated rings. The molecule has 18 heavy (non-hydrogen) atoms. The number of morpholine rings is 1. The van der Waals surface area contributed by atoms with Crippen LogP contribution in [0.2, 0.25) is 0 Å². The highest BCUT2D eigenvalue weighted by Gasteiger charge is 2.36. The van der Waals surface area contributed by atoms with Crippen LogP contribution in [0, 0.1) is 0 Å². The minimum absolute atomic E-state index is 0.346. The molecule has 0 radical (unpaired) electrons. The predicted octanol–water partition coefficient (Wildman–Crippen LogP) is 2.55. The molecule has 0 unspecified atom stereocenters. The lowest BCUT2D eigenvalue weighted by atomic mass is 9.85. The normalized spacial score (nSPS) is 18.4. The van der Waals surface area contributed by atoms with Crippen LogP contribution in [0.25, 0.3) is 0 Å². The van der Waals surface area contributed by atoms with Gasteiger partial charge in [0.2, 0.25) is 0 Å². The highest BCUT2D eigenvalue weighted by Crippen LogP contribution is 2.34. The van der Waals surface area contributed by atoms with Gasteiger partial charge < -0.3 is 10.1 Å². The van der Waals surface area contributed by atoms with Crippen molar-refractivity contribution in [2.75, 3.05) is 19.7 Å². The lowest BCUT2D eigenvalue weighted by Gasteiger charge is -2.38. The third-order valence-corrected chi connectivity index (χ3v) is 3.48. The lowest BCUT2D eigenvalue weighted by Crippen LogP contribution is -2.48. The zero-order valence-electron chi connectivity index (χ0n) is 10.3. The summed E-state index contributed by atoms with van der Waals surface area (Å²) in [7, 11) is 0. The van der Waals surface area contributed by atoms with Crippen molar-refractivity contribution in [3.05, 3.63) is 71.8 Å². The summed E-state index contributed by atoms with van der Waals surface area (Å²) >= 11 is 0. The van der Waals surface area contributed by atoms with Crippen LogP contribution < -0.4 is 5.32 Å². The van der Waals surface area contributed by atoms with E-state index in [1.165, 1.54) is 11.1 Å². The average Bonchev–Trinajstić information content (AvgIpc) is 2.50. The van der Waals surface area contributed by atoms with Gasteiger partial charge in [-0.2, -0.15) is 0 Å². The molecule has 0 aromatic heterocycles. The van der Waals surface area contributed by atoms with Crippen molar-refractivity contribution in [2.45, 2.75) is 5.60 Å². The first-order chi connectivity index (χ1) is 8.92. The maximum atomic E-state index is 6.18. The second kappa shape index (κ2) is 4.92. The third kappa shape index (κ3) is 1.94. The highest BCUT2D eigenvalue weighted by atomic mass is 16.5. The molecule has 1 heterocycles. The van der Waals surface area contributed by atoms with Crippen molar-refractivity contribution >= 4 is 0 Å². The summed E-state index contributed by atoms with van der Waals surface area (Å²) in [5.74, 6) is 0. The number of rotatable bonds is 2. The molecule has 0 spiro atoms. The van der Waals surface area contributed by atoms with Crippen molar-refractivity contribution in [2.24, 2.45) is 0 Å². The summed E-state index contributed by atoms with van der Waals surface area (Å²) < 4.78 is 6.18. The van der Waals surface area contributed by atoms with Gasteiger partial charge in [-0.3, -0.25) is 0 Å². The second-order valence-electron chi connectivity index (χ2n) is 4.58. The molecule has 2 aromatic rings. The minimum atomic E-state index is -0.346. The van der Waals surface area contributed by atoms with E-state index < -0.39 is 0 Å². The Kier molecular flexibility index (Phi) is 3.13. The topological polar surface area (TPSA) is 21.3 Å². The van der Waals surface area contributed by atoms with Crippen LogP contribution in [0.3, 0.4) is 0 Å². The Hall–Kier alpha value is -1.64. The van der Waals surface area contributed by atoms with Gasteiger partial charge >= 0.3 is 0 Å². The van der Waals surface area contributed by atoms with Crippen molar-refractivity contribution in [3.8, 4) is 0 Å². The molecular formula is C16H17NO. The number of hydrogen-bond acceptors (Lipinski definition) is 2. The summed E-state index contributed by atoms with van der Waals surface area (Å²) in [5.41, 5.74) is 2.08. The van der Waals surface area contributed by atoms with Gasteiger partial charge in [-0.1, -0.05) is 60.7 Å². The quantitative estimate of drug-likeness (QED) is 0.869. The predicted molar refractivity (Wildman–Crippen MR) is 72.5 cm³/mol. The maximum Gasteiger partial charge on any atom is 0.130 e. The van der Waals surface area contributed by atoms with Gasteiger partial charge in [-0.15, -0.1) is 0 Å². The Bertz CT molecular complexity index is 448. The van der Waals surface area contributed by atoms with Crippen LogP contribution in [0.15, 0.2) is 60.7 Å². The summed E-state index contributed by atoms with van der Waals surface area (Å²) in [5, 5.41) is 3.45. The standard InChI is InChI=1S/C16H17NO/c1-3-7-14(8-4-1)16(13-17-11-12-18-16)15-9-5-2-6-10-15/h1-10,17H,11-13H2. The Balaban J connectivity index is 2.10. The molecule has 2 nitrogen and oxygen atoms in total. The largest absolute Gasteiger partial charge is 0.363 e. The zero-order valence-corrected chi connectivity index (χ0v) is 10.3. The Morgan fingerprint density at radius 1 is 0.833 bits per heavy atom. The summed E-state index contributed by atoms with van der Waals surface area (Å²) in [6, 6.07) is 20.9. The lowest BCUT2D eigenvalue weighted by molar-refractivity contribution is -0.0403. The summed E-state index contributed by atoms with van der Waals surface area (Å²) in [6.07, 6.45) is 0. The average molecular weight is 239 g/mol. The molecule has 1 saturated heterocycles. The summed E-state index contributed by atoms with van der Waals surface area (Å²) in [6.45, 7) is 2.48. The zero-order chi connectivity index (χ0) is 12.3. The minimum Gasteiger partial charge on any atom is -0.363 e. The van der Waals surface area contributed by atoms with Gasteiger partial charge in [0.1, 0.15) is 5.60 Å². The number of benzene rings is 2. The van der Waals surface area contributed by atoms with Crippen molar-refractivity contribution in [3.63, 3.8) is 0 Å². The van der Waals surface area contributed by atoms with Gasteiger partial charge in [-0.25, -0.2) is 0 Å². The van der Waals surface area contributed by atoms with Gasteiger partial charge in [0.25, 0.3) is 0 Å². The molecule has 0 atom stereocenters. The van der Waals surface area contributed by atoms with Crippen LogP contribution in [0.4, 0.5) is 0 Å². The fraction of sp³-hybridized carbons (Fsp3) is 0.250. The van der Waals surface area contributed by atoms with Crippen molar-refractivity contribution in [1.29, 1.82) is 0 Å². The van der Waals surface area contributed by atoms with Crippen LogP contribution in [0.5, 0.6) is 0 Å². The van der Waals surface area contributed by atoms with Crippen LogP contribution in [0.1, 0.15) is 11.1 Å². The molecular weight excluding hydrogens is 222 g/mol. The van der Waals surface area contributed by atoms with Crippen LogP contribution in [-0.4, -0.2) is 19.7 Å². The molecule has 1 aliphatic heterocycles. The first-order valence-electron chi connectivity index (χ1n) is 6.37. The fourth-order valence-corrected chi connectivity index (χ4v) is 2.57. The van der Waals surface area contributed by atoms with E-state index in [0.717, 1.165) is 19.7 Å². The molecule has 92 valence electrons. The first kappa shape index (κ1) is 11.5. The van der Waals surface area contributed by atoms with E-state index in [1.54, 1.807) is 0 Å². The Morgan fingerprint density at radius 3 is 1.83 bits per heavy atom. The molecule has 1 aliphatic rings. The van der Waals surface area contributed by atoms with E-state index in [1.807, 2.05) is 12.1 Å². The SMILES string of the molecule is c1ccc(C2(c3ccccc3)CNCCO2)cc1. The number of nitrogens with one attached hydrogen (secondary N) is 1. The van der Waals surface area contributed by atoms with Crippen LogP contribution in [-0.2, 0) is 10.3 Å². The first-order valence-corrected chi connectivity index (χ1v) is 6.37. The van der Waals surface area contributed by atoms with Crippen molar-refractivity contribution < 1.29 is 4.74 Å². The Morgan fingerprint density at radius 2 is 1.39 bits per heavy atom. The molecule has 0 aliphatic carbocycles. The van der Waals surface area contributed by atoms with Gasteiger partial charge in [-0.05, 0) is 11.1 Å². The second-order valence-corrected chi connectivity index (χ2v) is 4.58. The van der Waals surface area contributed by atoms with Crippen molar-refractivity contribution in [1.82, 2.24) is 5.32 Å². The molecule has 2 aromatic carbocycles. The van der Waals surface area contributed by atoms with E-state index in [0.29, 0.717) is 0 Å². The number of hydrogen-bond donors (Lipinski definition) is 1. The van der Waals surface area contributed by atoms with Crippen LogP contribution >= 0.6 is 0 Å². The molecule has 0 bridgehead atoms. The van der Waals surface area contributed by atoms with E-state index >= 15 is 0 Å². The summed E-state index contributed by atoms with van der Waals surface area (Å²) in [4.78, 5) is 0. The molecule has 3 rings (SSSR count). The van der Waals surface area contributed by atoms with Gasteiger partial charge in [0.05, 0.1) is 6.61 Å². The number of ether oxygens (including phenoxy) is 1. The monoisotopic (exact) mass is 239 g/mol. The fourth-order valence-electron chi connectivity index (χ4n) is 2.57. The molecule has 2 heteroatoms. The molecule has 0 amide bonds. The Labute approximate surface area is 108 Å².